The van der Waals surface area contributed by atoms with Gasteiger partial charge in [-0.05, 0) is 49.6 Å². The van der Waals surface area contributed by atoms with E-state index in [9.17, 15) is 0 Å². The number of hydrogen-bond donors (Lipinski definition) is 1. The zero-order valence-corrected chi connectivity index (χ0v) is 12.7. The van der Waals surface area contributed by atoms with Gasteiger partial charge in [-0.2, -0.15) is 0 Å². The van der Waals surface area contributed by atoms with Gasteiger partial charge in [0.1, 0.15) is 5.75 Å². The van der Waals surface area contributed by atoms with Gasteiger partial charge in [-0.25, -0.2) is 0 Å². The molecule has 1 aromatic rings. The summed E-state index contributed by atoms with van der Waals surface area (Å²) in [4.78, 5) is 0. The van der Waals surface area contributed by atoms with Crippen LogP contribution in [0.15, 0.2) is 22.7 Å². The zero-order chi connectivity index (χ0) is 12.8. The molecule has 0 bridgehead atoms. The summed E-state index contributed by atoms with van der Waals surface area (Å²) < 4.78 is 6.52. The van der Waals surface area contributed by atoms with Gasteiger partial charge in [0.25, 0.3) is 0 Å². The van der Waals surface area contributed by atoms with Gasteiger partial charge in [0.15, 0.2) is 0 Å². The van der Waals surface area contributed by atoms with E-state index in [4.69, 9.17) is 4.74 Å². The molecule has 0 heterocycles. The molecule has 0 aliphatic heterocycles. The van der Waals surface area contributed by atoms with Crippen LogP contribution in [0.4, 0.5) is 0 Å². The summed E-state index contributed by atoms with van der Waals surface area (Å²) in [6, 6.07) is 6.74. The van der Waals surface area contributed by atoms with E-state index < -0.39 is 0 Å². The Hall–Kier alpha value is -0.540. The lowest BCUT2D eigenvalue weighted by molar-refractivity contribution is 0.372. The summed E-state index contributed by atoms with van der Waals surface area (Å²) in [6.45, 7) is 4.50. The molecule has 0 fully saturated rings. The van der Waals surface area contributed by atoms with Gasteiger partial charge in [0, 0.05) is 10.5 Å². The third-order valence-corrected chi connectivity index (χ3v) is 3.78. The van der Waals surface area contributed by atoms with Crippen LogP contribution < -0.4 is 10.1 Å². The number of methoxy groups -OCH3 is 1. The maximum atomic E-state index is 5.41. The summed E-state index contributed by atoms with van der Waals surface area (Å²) >= 11 is 3.52. The highest BCUT2D eigenvalue weighted by Gasteiger charge is 2.16. The molecular weight excluding hydrogens is 278 g/mol. The largest absolute Gasteiger partial charge is 0.496 e. The lowest BCUT2D eigenvalue weighted by Crippen LogP contribution is -2.32. The van der Waals surface area contributed by atoms with E-state index in [0.29, 0.717) is 12.0 Å². The number of nitrogens with one attached hydrogen (secondary N) is 1. The summed E-state index contributed by atoms with van der Waals surface area (Å²) in [5.74, 6) is 1.57. The average molecular weight is 300 g/mol. The Morgan fingerprint density at radius 1 is 1.41 bits per heavy atom. The average Bonchev–Trinajstić information content (AvgIpc) is 2.31. The highest BCUT2D eigenvalue weighted by molar-refractivity contribution is 9.10. The molecule has 0 saturated carbocycles. The summed E-state index contributed by atoms with van der Waals surface area (Å²) in [5.41, 5.74) is 1.27. The molecule has 0 aliphatic carbocycles. The van der Waals surface area contributed by atoms with Crippen molar-refractivity contribution < 1.29 is 4.74 Å². The summed E-state index contributed by atoms with van der Waals surface area (Å²) in [6.07, 6.45) is 2.18. The van der Waals surface area contributed by atoms with Crippen LogP contribution in [-0.4, -0.2) is 20.2 Å². The van der Waals surface area contributed by atoms with Crippen molar-refractivity contribution in [1.82, 2.24) is 5.32 Å². The predicted molar refractivity (Wildman–Crippen MR) is 76.7 cm³/mol. The Bertz CT molecular complexity index is 350. The van der Waals surface area contributed by atoms with Crippen molar-refractivity contribution in [2.45, 2.75) is 32.7 Å². The Morgan fingerprint density at radius 3 is 2.65 bits per heavy atom. The quantitative estimate of drug-likeness (QED) is 0.866. The third kappa shape index (κ3) is 4.00. The van der Waals surface area contributed by atoms with Crippen LogP contribution in [0.1, 0.15) is 25.8 Å². The molecule has 0 spiro atoms. The summed E-state index contributed by atoms with van der Waals surface area (Å²) in [5, 5.41) is 3.37. The molecule has 2 nitrogen and oxygen atoms in total. The Kier molecular flexibility index (Phi) is 6.00. The fraction of sp³-hybridized carbons (Fsp3) is 0.571. The second-order valence-electron chi connectivity index (χ2n) is 4.44. The van der Waals surface area contributed by atoms with Crippen LogP contribution >= 0.6 is 15.9 Å². The molecule has 0 aromatic heterocycles. The van der Waals surface area contributed by atoms with Crippen molar-refractivity contribution in [1.29, 1.82) is 0 Å². The standard InChI is InChI=1S/C14H22BrNO/c1-5-13(16-3)10(2)8-11-9-12(15)6-7-14(11)17-4/h6-7,9-10,13,16H,5,8H2,1-4H3. The number of halogens is 1. The van der Waals surface area contributed by atoms with Gasteiger partial charge in [0.05, 0.1) is 7.11 Å². The Labute approximate surface area is 113 Å². The second-order valence-corrected chi connectivity index (χ2v) is 5.36. The Balaban J connectivity index is 2.82. The first-order valence-electron chi connectivity index (χ1n) is 6.12. The second kappa shape index (κ2) is 7.02. The van der Waals surface area contributed by atoms with E-state index >= 15 is 0 Å². The number of benzene rings is 1. The van der Waals surface area contributed by atoms with E-state index in [0.717, 1.165) is 23.1 Å². The third-order valence-electron chi connectivity index (χ3n) is 3.28. The monoisotopic (exact) mass is 299 g/mol. The topological polar surface area (TPSA) is 21.3 Å². The lowest BCUT2D eigenvalue weighted by Gasteiger charge is -2.23. The maximum absolute atomic E-state index is 5.41. The number of hydrogen-bond acceptors (Lipinski definition) is 2. The van der Waals surface area contributed by atoms with Gasteiger partial charge >= 0.3 is 0 Å². The van der Waals surface area contributed by atoms with Crippen LogP contribution in [-0.2, 0) is 6.42 Å². The first-order chi connectivity index (χ1) is 8.12. The maximum Gasteiger partial charge on any atom is 0.122 e. The van der Waals surface area contributed by atoms with E-state index in [1.54, 1.807) is 7.11 Å². The highest BCUT2D eigenvalue weighted by Crippen LogP contribution is 2.26. The first-order valence-corrected chi connectivity index (χ1v) is 6.91. The number of ether oxygens (including phenoxy) is 1. The molecule has 17 heavy (non-hydrogen) atoms. The molecule has 0 amide bonds. The molecule has 2 unspecified atom stereocenters. The smallest absolute Gasteiger partial charge is 0.122 e. The van der Waals surface area contributed by atoms with Crippen LogP contribution in [0.25, 0.3) is 0 Å². The first kappa shape index (κ1) is 14.5. The molecule has 2 atom stereocenters. The van der Waals surface area contributed by atoms with Crippen molar-refractivity contribution >= 4 is 15.9 Å². The van der Waals surface area contributed by atoms with Gasteiger partial charge in [0.2, 0.25) is 0 Å². The van der Waals surface area contributed by atoms with Crippen molar-refractivity contribution in [3.8, 4) is 5.75 Å². The van der Waals surface area contributed by atoms with Crippen LogP contribution in [0, 0.1) is 5.92 Å². The van der Waals surface area contributed by atoms with Crippen molar-refractivity contribution in [3.63, 3.8) is 0 Å². The van der Waals surface area contributed by atoms with Gasteiger partial charge in [-0.15, -0.1) is 0 Å². The molecule has 1 aromatic carbocycles. The van der Waals surface area contributed by atoms with Gasteiger partial charge in [-0.1, -0.05) is 29.8 Å². The van der Waals surface area contributed by atoms with E-state index in [1.807, 2.05) is 19.2 Å². The van der Waals surface area contributed by atoms with E-state index in [1.165, 1.54) is 5.56 Å². The fourth-order valence-corrected chi connectivity index (χ4v) is 2.70. The zero-order valence-electron chi connectivity index (χ0n) is 11.1. The van der Waals surface area contributed by atoms with Crippen molar-refractivity contribution in [2.24, 2.45) is 5.92 Å². The molecule has 3 heteroatoms. The highest BCUT2D eigenvalue weighted by atomic mass is 79.9. The van der Waals surface area contributed by atoms with Crippen molar-refractivity contribution in [3.05, 3.63) is 28.2 Å². The molecule has 1 N–H and O–H groups in total. The minimum absolute atomic E-state index is 0.554. The molecule has 1 rings (SSSR count). The summed E-state index contributed by atoms with van der Waals surface area (Å²) in [7, 11) is 3.76. The fourth-order valence-electron chi connectivity index (χ4n) is 2.29. The SMILES string of the molecule is CCC(NC)C(C)Cc1cc(Br)ccc1OC. The lowest BCUT2D eigenvalue weighted by atomic mass is 9.92. The minimum atomic E-state index is 0.554. The molecule has 96 valence electrons. The molecule has 0 radical (unpaired) electrons. The van der Waals surface area contributed by atoms with Gasteiger partial charge < -0.3 is 10.1 Å². The molecule has 0 aliphatic rings. The van der Waals surface area contributed by atoms with Crippen LogP contribution in [0.3, 0.4) is 0 Å². The Morgan fingerprint density at radius 2 is 2.12 bits per heavy atom. The molecule has 0 saturated heterocycles. The van der Waals surface area contributed by atoms with Crippen LogP contribution in [0.2, 0.25) is 0 Å². The minimum Gasteiger partial charge on any atom is -0.496 e. The number of rotatable bonds is 6. The van der Waals surface area contributed by atoms with Crippen LogP contribution in [0.5, 0.6) is 5.75 Å². The normalized spacial score (nSPS) is 14.4. The van der Waals surface area contributed by atoms with Gasteiger partial charge in [-0.3, -0.25) is 0 Å². The predicted octanol–water partition coefficient (Wildman–Crippen LogP) is 3.63. The van der Waals surface area contributed by atoms with Crippen molar-refractivity contribution in [2.75, 3.05) is 14.2 Å². The van der Waals surface area contributed by atoms with E-state index in [-0.39, 0.29) is 0 Å². The van der Waals surface area contributed by atoms with E-state index in [2.05, 4.69) is 41.2 Å². The molecular formula is C14H22BrNO.